The summed E-state index contributed by atoms with van der Waals surface area (Å²) in [7, 11) is 1.75. The van der Waals surface area contributed by atoms with Crippen molar-refractivity contribution in [3.8, 4) is 11.1 Å². The molecule has 0 bridgehead atoms. The minimum absolute atomic E-state index is 0.0254. The van der Waals surface area contributed by atoms with E-state index in [0.29, 0.717) is 57.5 Å². The Kier molecular flexibility index (Phi) is 5.39. The Hall–Kier alpha value is -4.54. The van der Waals surface area contributed by atoms with E-state index in [4.69, 9.17) is 4.74 Å². The number of amides is 2. The molecule has 2 aromatic carbocycles. The summed E-state index contributed by atoms with van der Waals surface area (Å²) in [4.78, 5) is 40.1. The minimum Gasteiger partial charge on any atom is -0.444 e. The molecule has 6 rings (SSSR count). The van der Waals surface area contributed by atoms with Crippen LogP contribution in [0.4, 0.5) is 20.7 Å². The molecule has 4 aromatic rings. The van der Waals surface area contributed by atoms with Crippen molar-refractivity contribution >= 4 is 34.3 Å². The third kappa shape index (κ3) is 4.05. The maximum atomic E-state index is 14.2. The van der Waals surface area contributed by atoms with E-state index in [-0.39, 0.29) is 23.8 Å². The van der Waals surface area contributed by atoms with Gasteiger partial charge in [0.1, 0.15) is 17.2 Å². The number of hydrogen-bond donors (Lipinski definition) is 2. The predicted molar refractivity (Wildman–Crippen MR) is 142 cm³/mol. The van der Waals surface area contributed by atoms with Gasteiger partial charge in [-0.05, 0) is 75.1 Å². The van der Waals surface area contributed by atoms with E-state index >= 15 is 0 Å². The molecule has 1 fully saturated rings. The van der Waals surface area contributed by atoms with E-state index in [1.54, 1.807) is 67.9 Å². The number of aromatic nitrogens is 4. The van der Waals surface area contributed by atoms with Crippen molar-refractivity contribution in [2.24, 2.45) is 7.05 Å². The third-order valence-electron chi connectivity index (χ3n) is 7.17. The van der Waals surface area contributed by atoms with Gasteiger partial charge in [0, 0.05) is 18.0 Å². The Bertz CT molecular complexity index is 1730. The first-order chi connectivity index (χ1) is 18.5. The molecule has 3 heterocycles. The number of aromatic amines is 1. The van der Waals surface area contributed by atoms with Crippen molar-refractivity contribution in [1.29, 1.82) is 0 Å². The lowest BCUT2D eigenvalue weighted by Gasteiger charge is -2.20. The molecule has 0 unspecified atom stereocenters. The summed E-state index contributed by atoms with van der Waals surface area (Å²) in [6.45, 7) is 5.33. The molecule has 0 saturated heterocycles. The molecule has 39 heavy (non-hydrogen) atoms. The number of anilines is 2. The van der Waals surface area contributed by atoms with Gasteiger partial charge in [0.25, 0.3) is 5.56 Å². The van der Waals surface area contributed by atoms with Gasteiger partial charge >= 0.3 is 6.09 Å². The summed E-state index contributed by atoms with van der Waals surface area (Å²) in [5.74, 6) is 0.0657. The molecule has 2 aliphatic rings. The zero-order valence-electron chi connectivity index (χ0n) is 22.0. The molecule has 2 aromatic heterocycles. The highest BCUT2D eigenvalue weighted by Gasteiger charge is 2.60. The number of nitrogens with zero attached hydrogens (tertiary/aromatic N) is 4. The normalized spacial score (nSPS) is 15.6. The molecular weight excluding hydrogens is 503 g/mol. The number of ether oxygens (including phenoxy) is 1. The van der Waals surface area contributed by atoms with Crippen LogP contribution in [0.25, 0.3) is 21.9 Å². The number of benzene rings is 2. The van der Waals surface area contributed by atoms with E-state index in [1.807, 2.05) is 0 Å². The molecule has 0 radical (unpaired) electrons. The molecule has 1 aliphatic carbocycles. The number of carbonyl (C=O) groups is 2. The number of nitrogens with one attached hydrogen (secondary N) is 2. The maximum Gasteiger partial charge on any atom is 0.407 e. The maximum absolute atomic E-state index is 14.2. The van der Waals surface area contributed by atoms with Crippen LogP contribution >= 0.6 is 0 Å². The van der Waals surface area contributed by atoms with E-state index in [9.17, 15) is 18.8 Å². The van der Waals surface area contributed by atoms with Crippen molar-refractivity contribution in [3.63, 3.8) is 0 Å². The van der Waals surface area contributed by atoms with Gasteiger partial charge in [0.05, 0.1) is 34.9 Å². The van der Waals surface area contributed by atoms with Crippen LogP contribution in [0.3, 0.4) is 0 Å². The fraction of sp³-hybridized carbons (Fsp3) is 0.321. The van der Waals surface area contributed by atoms with E-state index in [0.717, 1.165) is 0 Å². The number of rotatable bonds is 4. The van der Waals surface area contributed by atoms with Crippen LogP contribution in [0.15, 0.2) is 47.4 Å². The summed E-state index contributed by atoms with van der Waals surface area (Å²) in [5, 5.41) is 14.7. The van der Waals surface area contributed by atoms with Crippen LogP contribution in [0.2, 0.25) is 0 Å². The lowest BCUT2D eigenvalue weighted by atomic mass is 9.98. The Balaban J connectivity index is 1.42. The SMILES string of the molecule is Cn1ncc(-c2ccc3c(=O)[nH]nc(CNC(=O)OC(C)(C)C)c3c2)c1N1C(=O)C2(CC2)c2cc(F)ccc21. The second kappa shape index (κ2) is 8.48. The van der Waals surface area contributed by atoms with Gasteiger partial charge in [0.15, 0.2) is 0 Å². The van der Waals surface area contributed by atoms with Crippen LogP contribution in [0.1, 0.15) is 44.9 Å². The van der Waals surface area contributed by atoms with E-state index in [1.165, 1.54) is 12.1 Å². The van der Waals surface area contributed by atoms with Gasteiger partial charge in [0.2, 0.25) is 5.91 Å². The van der Waals surface area contributed by atoms with Crippen LogP contribution in [0.5, 0.6) is 0 Å². The molecule has 0 atom stereocenters. The molecule has 200 valence electrons. The highest BCUT2D eigenvalue weighted by Crippen LogP contribution is 2.59. The van der Waals surface area contributed by atoms with Crippen molar-refractivity contribution in [3.05, 3.63) is 70.0 Å². The second-order valence-corrected chi connectivity index (χ2v) is 11.0. The number of H-pyrrole nitrogens is 1. The molecule has 11 heteroatoms. The summed E-state index contributed by atoms with van der Waals surface area (Å²) in [6.07, 6.45) is 2.39. The summed E-state index contributed by atoms with van der Waals surface area (Å²) in [5.41, 5.74) is 1.42. The third-order valence-corrected chi connectivity index (χ3v) is 7.17. The van der Waals surface area contributed by atoms with Crippen LogP contribution in [-0.4, -0.2) is 37.6 Å². The molecule has 1 aliphatic heterocycles. The molecule has 10 nitrogen and oxygen atoms in total. The standard InChI is InChI=1S/C28H27FN6O4/c1-27(2,3)39-26(38)30-14-21-18-11-15(5-7-17(18)23(36)33-32-21)19-13-31-34(4)24(19)35-22-8-6-16(29)12-20(22)28(9-10-28)25(35)37/h5-8,11-13H,9-10,14H2,1-4H3,(H,30,38)(H,33,36). The van der Waals surface area contributed by atoms with Gasteiger partial charge in [-0.25, -0.2) is 14.3 Å². The quantitative estimate of drug-likeness (QED) is 0.408. The van der Waals surface area contributed by atoms with Gasteiger partial charge in [-0.1, -0.05) is 6.07 Å². The Morgan fingerprint density at radius 2 is 1.92 bits per heavy atom. The van der Waals surface area contributed by atoms with Gasteiger partial charge in [-0.2, -0.15) is 10.2 Å². The molecule has 1 spiro atoms. The van der Waals surface area contributed by atoms with Gasteiger partial charge < -0.3 is 10.1 Å². The fourth-order valence-electron chi connectivity index (χ4n) is 5.24. The van der Waals surface area contributed by atoms with Crippen molar-refractivity contribution in [1.82, 2.24) is 25.3 Å². The lowest BCUT2D eigenvalue weighted by molar-refractivity contribution is -0.119. The first-order valence-electron chi connectivity index (χ1n) is 12.6. The van der Waals surface area contributed by atoms with Crippen LogP contribution in [0, 0.1) is 5.82 Å². The number of fused-ring (bicyclic) bond motifs is 3. The average molecular weight is 531 g/mol. The molecule has 2 N–H and O–H groups in total. The highest BCUT2D eigenvalue weighted by molar-refractivity contribution is 6.15. The summed E-state index contributed by atoms with van der Waals surface area (Å²) in [6, 6.07) is 9.70. The number of carbonyl (C=O) groups excluding carboxylic acids is 2. The Labute approximate surface area is 222 Å². The number of hydrogen-bond acceptors (Lipinski definition) is 6. The monoisotopic (exact) mass is 530 g/mol. The first kappa shape index (κ1) is 24.8. The minimum atomic E-state index is -0.694. The average Bonchev–Trinajstić information content (AvgIpc) is 3.55. The summed E-state index contributed by atoms with van der Waals surface area (Å²) >= 11 is 0. The first-order valence-corrected chi connectivity index (χ1v) is 12.6. The molecule has 2 amide bonds. The van der Waals surface area contributed by atoms with Crippen molar-refractivity contribution < 1.29 is 18.7 Å². The zero-order valence-corrected chi connectivity index (χ0v) is 22.0. The number of halogens is 1. The van der Waals surface area contributed by atoms with Crippen molar-refractivity contribution in [2.45, 2.75) is 51.2 Å². The zero-order chi connectivity index (χ0) is 27.7. The molecular formula is C28H27FN6O4. The van der Waals surface area contributed by atoms with E-state index in [2.05, 4.69) is 20.6 Å². The van der Waals surface area contributed by atoms with Gasteiger partial charge in [-0.3, -0.25) is 19.2 Å². The number of alkyl carbamates (subject to hydrolysis) is 1. The smallest absolute Gasteiger partial charge is 0.407 e. The van der Waals surface area contributed by atoms with Crippen LogP contribution < -0.4 is 15.8 Å². The Morgan fingerprint density at radius 1 is 1.15 bits per heavy atom. The fourth-order valence-corrected chi connectivity index (χ4v) is 5.24. The predicted octanol–water partition coefficient (Wildman–Crippen LogP) is 4.20. The van der Waals surface area contributed by atoms with E-state index < -0.39 is 17.1 Å². The van der Waals surface area contributed by atoms with Gasteiger partial charge in [-0.15, -0.1) is 0 Å². The largest absolute Gasteiger partial charge is 0.444 e. The van der Waals surface area contributed by atoms with Crippen LogP contribution in [-0.2, 0) is 28.5 Å². The summed E-state index contributed by atoms with van der Waals surface area (Å²) < 4.78 is 21.1. The second-order valence-electron chi connectivity index (χ2n) is 11.0. The lowest BCUT2D eigenvalue weighted by Crippen LogP contribution is -2.32. The molecule has 1 saturated carbocycles. The Morgan fingerprint density at radius 3 is 2.64 bits per heavy atom. The number of aryl methyl sites for hydroxylation is 1. The topological polar surface area (TPSA) is 122 Å². The van der Waals surface area contributed by atoms with Crippen molar-refractivity contribution in [2.75, 3.05) is 4.90 Å². The highest BCUT2D eigenvalue weighted by atomic mass is 19.1.